The molecule has 0 heterocycles. The molecule has 0 spiro atoms. The first-order valence-electron chi connectivity index (χ1n) is 1.22. The summed E-state index contributed by atoms with van der Waals surface area (Å²) in [6.07, 6.45) is -1.65. The van der Waals surface area contributed by atoms with Gasteiger partial charge < -0.3 is 17.8 Å². The van der Waals surface area contributed by atoms with E-state index in [0.717, 1.165) is 0 Å². The van der Waals surface area contributed by atoms with Crippen molar-refractivity contribution in [1.82, 2.24) is 0 Å². The SMILES string of the molecule is O=C([O-])[O][AlH][OH].[K+]. The number of carbonyl (C=O) groups excluding carboxylic acids is 1. The molecule has 0 atom stereocenters. The average molecular weight is 144 g/mol. The van der Waals surface area contributed by atoms with Crippen LogP contribution in [-0.2, 0) is 3.79 Å². The Morgan fingerprint density at radius 2 is 2.29 bits per heavy atom. The van der Waals surface area contributed by atoms with Crippen LogP contribution < -0.4 is 56.5 Å². The van der Waals surface area contributed by atoms with E-state index in [-0.39, 0.29) is 51.4 Å². The van der Waals surface area contributed by atoms with Gasteiger partial charge in [-0.05, 0) is 0 Å². The van der Waals surface area contributed by atoms with Crippen LogP contribution in [0.25, 0.3) is 0 Å². The van der Waals surface area contributed by atoms with Crippen molar-refractivity contribution in [3.63, 3.8) is 0 Å². The fourth-order valence-electron chi connectivity index (χ4n) is 0.0527. The predicted molar refractivity (Wildman–Crippen MR) is 15.8 cm³/mol. The average Bonchev–Trinajstić information content (AvgIpc) is 1.35. The standard InChI is InChI=1S/CH2O3.Al.K.H2O.H/c2-1(3)4;;;;/h(H2,2,3,4);;;1H2;/q;+2;+1;;/p-3. The molecule has 0 saturated carbocycles. The van der Waals surface area contributed by atoms with Gasteiger partial charge >= 0.3 is 67.3 Å². The normalized spacial score (nSPS) is 5.86. The third-order valence-electron chi connectivity index (χ3n) is 0.182. The molecule has 0 rings (SSSR count). The van der Waals surface area contributed by atoms with E-state index in [9.17, 15) is 0 Å². The molecular formula is CH2AlKO4. The first-order valence-corrected chi connectivity index (χ1v) is 2.43. The van der Waals surface area contributed by atoms with Crippen LogP contribution in [0.1, 0.15) is 0 Å². The molecule has 0 amide bonds. The Hall–Kier alpha value is 1.40. The fraction of sp³-hybridized carbons (Fsp3) is 0. The molecule has 0 aliphatic rings. The molecule has 0 radical (unpaired) electrons. The zero-order chi connectivity index (χ0) is 4.99. The van der Waals surface area contributed by atoms with Crippen molar-refractivity contribution < 1.29 is 69.2 Å². The summed E-state index contributed by atoms with van der Waals surface area (Å²) in [4.78, 5) is 9.14. The second kappa shape index (κ2) is 7.40. The molecule has 0 aliphatic carbocycles. The minimum atomic E-state index is -1.80. The third-order valence-corrected chi connectivity index (χ3v) is 0.547. The fourth-order valence-corrected chi connectivity index (χ4v) is 0.158. The van der Waals surface area contributed by atoms with Crippen LogP contribution >= 0.6 is 0 Å². The van der Waals surface area contributed by atoms with E-state index in [2.05, 4.69) is 3.79 Å². The second-order valence-corrected chi connectivity index (χ2v) is 1.07. The number of carboxylic acid groups (broad SMARTS) is 1. The van der Waals surface area contributed by atoms with Gasteiger partial charge in [0.05, 0.1) is 0 Å². The summed E-state index contributed by atoms with van der Waals surface area (Å²) < 4.78 is 11.3. The van der Waals surface area contributed by atoms with Gasteiger partial charge in [0.1, 0.15) is 0 Å². The van der Waals surface area contributed by atoms with Crippen molar-refractivity contribution in [3.8, 4) is 0 Å². The van der Waals surface area contributed by atoms with Crippen LogP contribution in [0, 0.1) is 0 Å². The summed E-state index contributed by atoms with van der Waals surface area (Å²) in [6.45, 7) is 0. The zero-order valence-corrected chi connectivity index (χ0v) is 8.42. The first-order chi connectivity index (χ1) is 2.77. The van der Waals surface area contributed by atoms with Crippen LogP contribution in [0.4, 0.5) is 4.79 Å². The molecule has 0 aromatic heterocycles. The molecule has 1 N–H and O–H groups in total. The summed E-state index contributed by atoms with van der Waals surface area (Å²) in [5, 5.41) is 9.14. The molecule has 0 aromatic rings. The van der Waals surface area contributed by atoms with E-state index in [0.29, 0.717) is 0 Å². The third kappa shape index (κ3) is 11.1. The number of carbonyl (C=O) groups is 1. The molecule has 7 heavy (non-hydrogen) atoms. The Balaban J connectivity index is 0. The van der Waals surface area contributed by atoms with Crippen LogP contribution in [-0.4, -0.2) is 26.2 Å². The van der Waals surface area contributed by atoms with Gasteiger partial charge in [0.25, 0.3) is 0 Å². The molecule has 6 heteroatoms. The minimum absolute atomic E-state index is 0. The maximum absolute atomic E-state index is 9.14. The van der Waals surface area contributed by atoms with Crippen molar-refractivity contribution in [2.45, 2.75) is 0 Å². The second-order valence-electron chi connectivity index (χ2n) is 0.523. The Bertz CT molecular complexity index is 55.7. The number of hydrogen-bond donors (Lipinski definition) is 1. The zero-order valence-electron chi connectivity index (χ0n) is 3.88. The van der Waals surface area contributed by atoms with Crippen molar-refractivity contribution in [2.24, 2.45) is 0 Å². The van der Waals surface area contributed by atoms with Crippen molar-refractivity contribution >= 4 is 22.0 Å². The summed E-state index contributed by atoms with van der Waals surface area (Å²) in [5.74, 6) is 0. The molecule has 4 nitrogen and oxygen atoms in total. The topological polar surface area (TPSA) is 69.6 Å². The summed E-state index contributed by atoms with van der Waals surface area (Å²) >= 11 is -1.80. The number of hydrogen-bond acceptors (Lipinski definition) is 4. The smallest absolute Gasteiger partial charge is 0.637 e. The molecule has 0 aromatic carbocycles. The van der Waals surface area contributed by atoms with Gasteiger partial charge in [0.2, 0.25) is 6.16 Å². The van der Waals surface area contributed by atoms with E-state index in [1.807, 2.05) is 0 Å². The van der Waals surface area contributed by atoms with Gasteiger partial charge in [-0.3, -0.25) is 0 Å². The van der Waals surface area contributed by atoms with Crippen molar-refractivity contribution in [3.05, 3.63) is 0 Å². The van der Waals surface area contributed by atoms with Crippen LogP contribution in [0.5, 0.6) is 0 Å². The van der Waals surface area contributed by atoms with Gasteiger partial charge in [-0.1, -0.05) is 0 Å². The summed E-state index contributed by atoms with van der Waals surface area (Å²) in [5.41, 5.74) is 0. The van der Waals surface area contributed by atoms with Gasteiger partial charge in [-0.15, -0.1) is 0 Å². The van der Waals surface area contributed by atoms with E-state index in [1.54, 1.807) is 0 Å². The number of rotatable bonds is 1. The minimum Gasteiger partial charge on any atom is -0.637 e. The summed E-state index contributed by atoms with van der Waals surface area (Å²) in [6, 6.07) is 0. The molecule has 0 bridgehead atoms. The Kier molecular flexibility index (Phi) is 11.9. The summed E-state index contributed by atoms with van der Waals surface area (Å²) in [7, 11) is 0. The van der Waals surface area contributed by atoms with Gasteiger partial charge in [0, 0.05) is 0 Å². The van der Waals surface area contributed by atoms with E-state index in [4.69, 9.17) is 14.1 Å². The monoisotopic (exact) mass is 144 g/mol. The van der Waals surface area contributed by atoms with Crippen LogP contribution in [0.2, 0.25) is 0 Å². The molecule has 0 unspecified atom stereocenters. The van der Waals surface area contributed by atoms with Gasteiger partial charge in [-0.2, -0.15) is 0 Å². The Labute approximate surface area is 89.7 Å². The Morgan fingerprint density at radius 1 is 1.86 bits per heavy atom. The van der Waals surface area contributed by atoms with Crippen molar-refractivity contribution in [2.75, 3.05) is 0 Å². The van der Waals surface area contributed by atoms with E-state index >= 15 is 0 Å². The van der Waals surface area contributed by atoms with Crippen LogP contribution in [0.15, 0.2) is 0 Å². The largest absolute Gasteiger partial charge is 1.00 e. The quantitative estimate of drug-likeness (QED) is 0.373. The molecule has 0 fully saturated rings. The maximum atomic E-state index is 9.14. The molecule has 34 valence electrons. The van der Waals surface area contributed by atoms with Crippen LogP contribution in [0.3, 0.4) is 0 Å². The van der Waals surface area contributed by atoms with Crippen molar-refractivity contribution in [1.29, 1.82) is 0 Å². The molecule has 0 aliphatic heterocycles. The Morgan fingerprint density at radius 3 is 2.29 bits per heavy atom. The first kappa shape index (κ1) is 11.2. The van der Waals surface area contributed by atoms with E-state index in [1.165, 1.54) is 0 Å². The molecular weight excluding hydrogens is 142 g/mol. The predicted octanol–water partition coefficient (Wildman–Crippen LogP) is -5.39. The van der Waals surface area contributed by atoms with Gasteiger partial charge in [0.15, 0.2) is 0 Å². The van der Waals surface area contributed by atoms with E-state index < -0.39 is 22.0 Å². The van der Waals surface area contributed by atoms with Gasteiger partial charge in [-0.25, -0.2) is 0 Å². The maximum Gasteiger partial charge on any atom is 1.00 e. The molecule has 0 saturated heterocycles.